The van der Waals surface area contributed by atoms with Gasteiger partial charge < -0.3 is 5.73 Å². The Balaban J connectivity index is 2.19. The first-order valence-corrected chi connectivity index (χ1v) is 2.27. The van der Waals surface area contributed by atoms with Crippen molar-refractivity contribution in [3.63, 3.8) is 0 Å². The van der Waals surface area contributed by atoms with Gasteiger partial charge in [0.05, 0.1) is 0 Å². The molecule has 0 aromatic rings. The van der Waals surface area contributed by atoms with Crippen LogP contribution < -0.4 is 5.73 Å². The van der Waals surface area contributed by atoms with E-state index in [1.807, 2.05) is 0 Å². The van der Waals surface area contributed by atoms with Crippen LogP contribution in [-0.4, -0.2) is 12.3 Å². The normalized spacial score (nSPS) is 8.40. The maximum Gasteiger partial charge on any atom is 0.0352 e. The van der Waals surface area contributed by atoms with Crippen LogP contribution in [0, 0.1) is 0 Å². The first-order valence-electron chi connectivity index (χ1n) is 1.36. The molecule has 2 nitrogen and oxygen atoms in total. The van der Waals surface area contributed by atoms with Crippen LogP contribution >= 0.6 is 12.0 Å². The molecule has 3 heteroatoms. The minimum atomic E-state index is 0.494. The van der Waals surface area contributed by atoms with Gasteiger partial charge in [0, 0.05) is 24.3 Å². The summed E-state index contributed by atoms with van der Waals surface area (Å²) >= 11 is 0.527. The summed E-state index contributed by atoms with van der Waals surface area (Å²) in [5.74, 6) is 0.528. The summed E-state index contributed by atoms with van der Waals surface area (Å²) in [5.41, 5.74) is 4.92. The summed E-state index contributed by atoms with van der Waals surface area (Å²) in [7, 11) is 0. The average Bonchev–Trinajstić information content (AvgIpc) is 1.41. The maximum atomic E-state index is 9.37. The van der Waals surface area contributed by atoms with Gasteiger partial charge in [-0.25, -0.2) is 0 Å². The van der Waals surface area contributed by atoms with Crippen LogP contribution in [0.25, 0.3) is 0 Å². The van der Waals surface area contributed by atoms with Gasteiger partial charge in [0.15, 0.2) is 0 Å². The van der Waals surface area contributed by atoms with E-state index in [9.17, 15) is 4.55 Å². The number of hydrogen-bond donors (Lipinski definition) is 1. The molecule has 0 saturated heterocycles. The zero-order valence-electron chi connectivity index (χ0n) is 2.81. The molecule has 2 N–H and O–H groups in total. The van der Waals surface area contributed by atoms with Gasteiger partial charge in [0.25, 0.3) is 0 Å². The smallest absolute Gasteiger partial charge is 0.0352 e. The number of nitrogens with two attached hydrogens (primary N) is 1. The van der Waals surface area contributed by atoms with Crippen molar-refractivity contribution >= 4 is 12.0 Å². The van der Waals surface area contributed by atoms with Crippen molar-refractivity contribution in [3.8, 4) is 0 Å². The Bertz CT molecular complexity index is 17.1. The Morgan fingerprint density at radius 3 is 2.40 bits per heavy atom. The van der Waals surface area contributed by atoms with Crippen molar-refractivity contribution in [2.75, 3.05) is 12.3 Å². The first kappa shape index (κ1) is 5.27. The predicted octanol–water partition coefficient (Wildman–Crippen LogP) is 0.0238. The third kappa shape index (κ3) is 4.27. The van der Waals surface area contributed by atoms with Gasteiger partial charge in [0.2, 0.25) is 0 Å². The summed E-state index contributed by atoms with van der Waals surface area (Å²) in [4.78, 5) is 0. The third-order valence-electron chi connectivity index (χ3n) is 0.201. The van der Waals surface area contributed by atoms with Crippen molar-refractivity contribution in [1.29, 1.82) is 0 Å². The fourth-order valence-corrected chi connectivity index (χ4v) is 0.144. The van der Waals surface area contributed by atoms with E-state index in [0.29, 0.717) is 24.3 Å². The molecule has 0 rings (SSSR count). The Labute approximate surface area is 35.6 Å². The Hall–Kier alpha value is 0.270. The zero-order chi connectivity index (χ0) is 4.12. The van der Waals surface area contributed by atoms with Crippen LogP contribution in [-0.2, 0) is 4.55 Å². The third-order valence-corrected chi connectivity index (χ3v) is 0.604. The van der Waals surface area contributed by atoms with E-state index < -0.39 is 0 Å². The fourth-order valence-electron chi connectivity index (χ4n) is 0.0481. The predicted molar refractivity (Wildman–Crippen MR) is 22.2 cm³/mol. The van der Waals surface area contributed by atoms with Gasteiger partial charge in [-0.3, -0.25) is 0 Å². The van der Waals surface area contributed by atoms with E-state index in [4.69, 9.17) is 5.73 Å². The Kier molecular flexibility index (Phi) is 4.50. The second-order valence-corrected chi connectivity index (χ2v) is 1.25. The molecule has 0 aliphatic heterocycles. The van der Waals surface area contributed by atoms with Crippen molar-refractivity contribution in [2.24, 2.45) is 5.73 Å². The number of rotatable bonds is 2. The highest BCUT2D eigenvalue weighted by molar-refractivity contribution is 7.93. The number of hydrogen-bond acceptors (Lipinski definition) is 2. The molecule has 0 heterocycles. The Morgan fingerprint density at radius 1 is 1.80 bits per heavy atom. The van der Waals surface area contributed by atoms with Gasteiger partial charge in [-0.15, -0.1) is 0 Å². The minimum Gasteiger partial charge on any atom is -0.330 e. The molecule has 0 amide bonds. The molecular formula is C2H6NOS. The average molecular weight is 92.1 g/mol. The van der Waals surface area contributed by atoms with Crippen LogP contribution in [0.2, 0.25) is 0 Å². The van der Waals surface area contributed by atoms with Gasteiger partial charge in [-0.05, 0) is 0 Å². The van der Waals surface area contributed by atoms with Crippen molar-refractivity contribution in [1.82, 2.24) is 0 Å². The molecule has 0 aromatic carbocycles. The molecule has 0 saturated carbocycles. The van der Waals surface area contributed by atoms with Gasteiger partial charge in [0.1, 0.15) is 0 Å². The lowest BCUT2D eigenvalue weighted by Crippen LogP contribution is -1.99. The molecule has 31 valence electrons. The zero-order valence-corrected chi connectivity index (χ0v) is 3.62. The van der Waals surface area contributed by atoms with E-state index in [1.54, 1.807) is 0 Å². The van der Waals surface area contributed by atoms with Gasteiger partial charge in [-0.1, -0.05) is 0 Å². The van der Waals surface area contributed by atoms with E-state index >= 15 is 0 Å². The van der Waals surface area contributed by atoms with Gasteiger partial charge >= 0.3 is 0 Å². The van der Waals surface area contributed by atoms with Crippen LogP contribution in [0.15, 0.2) is 0 Å². The first-order chi connectivity index (χ1) is 2.41. The van der Waals surface area contributed by atoms with Crippen LogP contribution in [0.4, 0.5) is 0 Å². The molecule has 5 heavy (non-hydrogen) atoms. The van der Waals surface area contributed by atoms with Crippen molar-refractivity contribution < 1.29 is 4.55 Å². The molecular weight excluding hydrogens is 86.1 g/mol. The SMILES string of the molecule is NCCS[O]. The molecule has 0 unspecified atom stereocenters. The van der Waals surface area contributed by atoms with Crippen LogP contribution in [0.5, 0.6) is 0 Å². The van der Waals surface area contributed by atoms with E-state index in [-0.39, 0.29) is 0 Å². The van der Waals surface area contributed by atoms with Crippen LogP contribution in [0.1, 0.15) is 0 Å². The highest BCUT2D eigenvalue weighted by Gasteiger charge is 1.72. The van der Waals surface area contributed by atoms with E-state index in [1.165, 1.54) is 0 Å². The molecule has 0 aromatic heterocycles. The highest BCUT2D eigenvalue weighted by Crippen LogP contribution is 1.84. The van der Waals surface area contributed by atoms with E-state index in [2.05, 4.69) is 0 Å². The molecule has 0 spiro atoms. The lowest BCUT2D eigenvalue weighted by Gasteiger charge is -1.76. The quantitative estimate of drug-likeness (QED) is 0.488. The second-order valence-electron chi connectivity index (χ2n) is 0.611. The fraction of sp³-hybridized carbons (Fsp3) is 1.00. The largest absolute Gasteiger partial charge is 0.330 e. The molecule has 1 radical (unpaired) electrons. The Morgan fingerprint density at radius 2 is 2.40 bits per heavy atom. The highest BCUT2D eigenvalue weighted by atomic mass is 32.2. The monoisotopic (exact) mass is 92.0 g/mol. The maximum absolute atomic E-state index is 9.37. The lowest BCUT2D eigenvalue weighted by atomic mass is 10.8. The van der Waals surface area contributed by atoms with Crippen molar-refractivity contribution in [3.05, 3.63) is 0 Å². The second kappa shape index (κ2) is 4.27. The summed E-state index contributed by atoms with van der Waals surface area (Å²) in [6, 6.07) is 0. The van der Waals surface area contributed by atoms with E-state index in [0.717, 1.165) is 0 Å². The van der Waals surface area contributed by atoms with Crippen molar-refractivity contribution in [2.45, 2.75) is 0 Å². The summed E-state index contributed by atoms with van der Waals surface area (Å²) in [6.07, 6.45) is 0. The molecule has 0 aliphatic rings. The topological polar surface area (TPSA) is 45.9 Å². The summed E-state index contributed by atoms with van der Waals surface area (Å²) < 4.78 is 9.37. The molecule has 0 atom stereocenters. The van der Waals surface area contributed by atoms with Crippen LogP contribution in [0.3, 0.4) is 0 Å². The lowest BCUT2D eigenvalue weighted by molar-refractivity contribution is 0.531. The summed E-state index contributed by atoms with van der Waals surface area (Å²) in [5, 5.41) is 0. The minimum absolute atomic E-state index is 0.494. The molecule has 0 fully saturated rings. The standard InChI is InChI=1S/C2H6NOS/c3-1-2-5-4/h1-3H2. The summed E-state index contributed by atoms with van der Waals surface area (Å²) in [6.45, 7) is 0.494. The molecule has 0 aliphatic carbocycles. The van der Waals surface area contributed by atoms with Gasteiger partial charge in [-0.2, -0.15) is 4.55 Å². The molecule has 0 bridgehead atoms.